The minimum atomic E-state index is -0.428. The molecule has 4 rings (SSSR count). The van der Waals surface area contributed by atoms with Crippen LogP contribution in [0, 0.1) is 6.92 Å². The minimum Gasteiger partial charge on any atom is -0.493 e. The fourth-order valence-corrected chi connectivity index (χ4v) is 4.14. The van der Waals surface area contributed by atoms with Crippen molar-refractivity contribution < 1.29 is 14.2 Å². The van der Waals surface area contributed by atoms with E-state index in [0.717, 1.165) is 79.5 Å². The predicted molar refractivity (Wildman–Crippen MR) is 132 cm³/mol. The molecule has 0 saturated carbocycles. The van der Waals surface area contributed by atoms with Gasteiger partial charge in [0, 0.05) is 37.0 Å². The first-order chi connectivity index (χ1) is 16.2. The highest BCUT2D eigenvalue weighted by molar-refractivity contribution is 5.81. The van der Waals surface area contributed by atoms with Crippen molar-refractivity contribution in [3.8, 4) is 11.5 Å². The van der Waals surface area contributed by atoms with Gasteiger partial charge in [-0.2, -0.15) is 0 Å². The Morgan fingerprint density at radius 2 is 2.09 bits per heavy atom. The zero-order chi connectivity index (χ0) is 23.0. The Balaban J connectivity index is 1.41. The van der Waals surface area contributed by atoms with E-state index in [0.29, 0.717) is 12.4 Å². The van der Waals surface area contributed by atoms with Crippen molar-refractivity contribution >= 4 is 18.1 Å². The summed E-state index contributed by atoms with van der Waals surface area (Å²) in [5.74, 6) is 1.60. The number of aryl methyl sites for hydroxylation is 2. The second-order valence-electron chi connectivity index (χ2n) is 8.31. The Morgan fingerprint density at radius 3 is 2.88 bits per heavy atom. The van der Waals surface area contributed by atoms with Crippen molar-refractivity contribution in [2.75, 3.05) is 44.8 Å². The molecule has 1 N–H and O–H groups in total. The van der Waals surface area contributed by atoms with E-state index in [1.165, 1.54) is 0 Å². The number of aromatic nitrogens is 1. The number of rotatable bonds is 9. The van der Waals surface area contributed by atoms with Crippen LogP contribution >= 0.6 is 0 Å². The highest BCUT2D eigenvalue weighted by Crippen LogP contribution is 2.36. The number of hydrogen-bond acceptors (Lipinski definition) is 7. The van der Waals surface area contributed by atoms with E-state index in [9.17, 15) is 0 Å². The number of pyridine rings is 1. The van der Waals surface area contributed by atoms with Crippen molar-refractivity contribution in [2.24, 2.45) is 4.99 Å². The van der Waals surface area contributed by atoms with Crippen molar-refractivity contribution in [2.45, 2.75) is 39.8 Å². The van der Waals surface area contributed by atoms with Gasteiger partial charge in [0.1, 0.15) is 11.5 Å². The molecule has 1 saturated heterocycles. The summed E-state index contributed by atoms with van der Waals surface area (Å²) in [6.07, 6.45) is 8.99. The number of ether oxygens (including phenoxy) is 3. The van der Waals surface area contributed by atoms with Gasteiger partial charge in [0.05, 0.1) is 38.0 Å². The maximum atomic E-state index is 6.24. The molecule has 7 heteroatoms. The molecule has 0 amide bonds. The Bertz CT molecular complexity index is 999. The summed E-state index contributed by atoms with van der Waals surface area (Å²) in [5.41, 5.74) is 5.15. The van der Waals surface area contributed by atoms with Crippen LogP contribution in [0.3, 0.4) is 0 Å². The van der Waals surface area contributed by atoms with E-state index in [1.807, 2.05) is 25.1 Å². The van der Waals surface area contributed by atoms with Gasteiger partial charge in [0.25, 0.3) is 0 Å². The lowest BCUT2D eigenvalue weighted by molar-refractivity contribution is 0.0358. The van der Waals surface area contributed by atoms with Gasteiger partial charge < -0.3 is 19.5 Å². The molecule has 0 radical (unpaired) electrons. The summed E-state index contributed by atoms with van der Waals surface area (Å²) >= 11 is 0. The van der Waals surface area contributed by atoms with Gasteiger partial charge in [-0.1, -0.05) is 19.1 Å². The number of fused-ring (bicyclic) bond motifs is 1. The first kappa shape index (κ1) is 23.3. The molecule has 0 spiro atoms. The number of hydrogen-bond donors (Lipinski definition) is 1. The number of morpholine rings is 1. The van der Waals surface area contributed by atoms with E-state index in [-0.39, 0.29) is 0 Å². The van der Waals surface area contributed by atoms with Crippen molar-refractivity contribution in [3.05, 3.63) is 52.9 Å². The largest absolute Gasteiger partial charge is 0.493 e. The second-order valence-corrected chi connectivity index (χ2v) is 8.31. The summed E-state index contributed by atoms with van der Waals surface area (Å²) in [4.78, 5) is 11.5. The molecule has 1 unspecified atom stereocenters. The Hall–Kier alpha value is -2.90. The van der Waals surface area contributed by atoms with Crippen LogP contribution in [-0.4, -0.2) is 55.7 Å². The molecular weight excluding hydrogens is 416 g/mol. The molecule has 1 aromatic heterocycles. The topological polar surface area (TPSA) is 68.2 Å². The molecule has 2 aromatic rings. The number of anilines is 1. The maximum absolute atomic E-state index is 6.24. The van der Waals surface area contributed by atoms with E-state index in [1.54, 1.807) is 12.5 Å². The van der Waals surface area contributed by atoms with Crippen LogP contribution in [-0.2, 0) is 11.2 Å². The van der Waals surface area contributed by atoms with Crippen LogP contribution in [0.15, 0.2) is 35.5 Å². The first-order valence-electron chi connectivity index (χ1n) is 11.8. The monoisotopic (exact) mass is 450 g/mol. The zero-order valence-electron chi connectivity index (χ0n) is 19.8. The summed E-state index contributed by atoms with van der Waals surface area (Å²) < 4.78 is 17.8. The quantitative estimate of drug-likeness (QED) is 0.563. The lowest BCUT2D eigenvalue weighted by Gasteiger charge is -2.26. The van der Waals surface area contributed by atoms with Crippen LogP contribution < -0.4 is 14.8 Å². The van der Waals surface area contributed by atoms with Gasteiger partial charge in [-0.05, 0) is 49.9 Å². The second kappa shape index (κ2) is 11.3. The van der Waals surface area contributed by atoms with Gasteiger partial charge in [-0.15, -0.1) is 0 Å². The third-order valence-electron chi connectivity index (χ3n) is 5.93. The van der Waals surface area contributed by atoms with Gasteiger partial charge >= 0.3 is 0 Å². The molecule has 0 bridgehead atoms. The van der Waals surface area contributed by atoms with Gasteiger partial charge in [-0.3, -0.25) is 9.88 Å². The molecule has 1 aromatic carbocycles. The minimum absolute atomic E-state index is 0.428. The van der Waals surface area contributed by atoms with Crippen LogP contribution in [0.1, 0.15) is 48.9 Å². The molecule has 7 nitrogen and oxygen atoms in total. The summed E-state index contributed by atoms with van der Waals surface area (Å²) in [6, 6.07) is 6.17. The average molecular weight is 451 g/mol. The zero-order valence-corrected chi connectivity index (χ0v) is 19.8. The third-order valence-corrected chi connectivity index (χ3v) is 5.93. The highest BCUT2D eigenvalue weighted by Gasteiger charge is 2.22. The molecule has 176 valence electrons. The van der Waals surface area contributed by atoms with E-state index in [2.05, 4.69) is 46.2 Å². The SMILES string of the molecule is CC=Cc1cc(OC2N=CNc3cc(OCCCN4CCOCC4)c(C)cc32)cnc1CC. The van der Waals surface area contributed by atoms with E-state index in [4.69, 9.17) is 14.2 Å². The Labute approximate surface area is 196 Å². The van der Waals surface area contributed by atoms with Crippen LogP contribution in [0.4, 0.5) is 5.69 Å². The summed E-state index contributed by atoms with van der Waals surface area (Å²) in [7, 11) is 0. The van der Waals surface area contributed by atoms with Crippen LogP contribution in [0.5, 0.6) is 11.5 Å². The van der Waals surface area contributed by atoms with Crippen molar-refractivity contribution in [3.63, 3.8) is 0 Å². The average Bonchev–Trinajstić information content (AvgIpc) is 2.83. The lowest BCUT2D eigenvalue weighted by atomic mass is 10.1. The summed E-state index contributed by atoms with van der Waals surface area (Å²) in [6.45, 7) is 11.6. The van der Waals surface area contributed by atoms with E-state index >= 15 is 0 Å². The Morgan fingerprint density at radius 1 is 1.24 bits per heavy atom. The summed E-state index contributed by atoms with van der Waals surface area (Å²) in [5, 5.41) is 3.24. The molecule has 0 aliphatic carbocycles. The molecule has 33 heavy (non-hydrogen) atoms. The molecule has 2 aliphatic heterocycles. The maximum Gasteiger partial charge on any atom is 0.219 e. The number of allylic oxidation sites excluding steroid dienone is 1. The number of benzene rings is 1. The van der Waals surface area contributed by atoms with Crippen LogP contribution in [0.25, 0.3) is 6.08 Å². The molecule has 2 aliphatic rings. The first-order valence-corrected chi connectivity index (χ1v) is 11.8. The van der Waals surface area contributed by atoms with Gasteiger partial charge in [0.2, 0.25) is 6.23 Å². The van der Waals surface area contributed by atoms with Crippen molar-refractivity contribution in [1.29, 1.82) is 0 Å². The van der Waals surface area contributed by atoms with Gasteiger partial charge in [-0.25, -0.2) is 4.99 Å². The number of nitrogens with one attached hydrogen (secondary N) is 1. The molecule has 1 fully saturated rings. The Kier molecular flexibility index (Phi) is 7.96. The third kappa shape index (κ3) is 5.92. The van der Waals surface area contributed by atoms with Gasteiger partial charge in [0.15, 0.2) is 0 Å². The molecule has 1 atom stereocenters. The van der Waals surface area contributed by atoms with Crippen LogP contribution in [0.2, 0.25) is 0 Å². The number of aliphatic imine (C=N–C) groups is 1. The highest BCUT2D eigenvalue weighted by atomic mass is 16.5. The number of nitrogens with zero attached hydrogens (tertiary/aromatic N) is 3. The normalized spacial score (nSPS) is 18.2. The fraction of sp³-hybridized carbons (Fsp3) is 0.462. The van der Waals surface area contributed by atoms with Crippen molar-refractivity contribution in [1.82, 2.24) is 9.88 Å². The smallest absolute Gasteiger partial charge is 0.219 e. The standard InChI is InChI=1S/C26H34N4O3/c1-4-7-20-15-21(17-27-23(20)5-2)33-26-22-14-19(3)25(16-24(22)28-18-29-26)32-11-6-8-30-9-12-31-13-10-30/h4,7,14-18,26H,5-6,8-13H2,1-3H3,(H,28,29). The molecular formula is C26H34N4O3. The lowest BCUT2D eigenvalue weighted by Crippen LogP contribution is -2.37. The molecule has 3 heterocycles. The fourth-order valence-electron chi connectivity index (χ4n) is 4.14. The van der Waals surface area contributed by atoms with E-state index < -0.39 is 6.23 Å². The predicted octanol–water partition coefficient (Wildman–Crippen LogP) is 4.62.